The van der Waals surface area contributed by atoms with Crippen molar-refractivity contribution in [3.63, 3.8) is 0 Å². The molecule has 1 unspecified atom stereocenters. The fourth-order valence-electron chi connectivity index (χ4n) is 2.94. The van der Waals surface area contributed by atoms with Gasteiger partial charge in [-0.3, -0.25) is 4.90 Å². The average molecular weight is 237 g/mol. The number of morpholine rings is 1. The van der Waals surface area contributed by atoms with Gasteiger partial charge in [-0.2, -0.15) is 5.26 Å². The van der Waals surface area contributed by atoms with Crippen LogP contribution in [-0.2, 0) is 4.74 Å². The van der Waals surface area contributed by atoms with Crippen molar-refractivity contribution in [2.75, 3.05) is 26.7 Å². The summed E-state index contributed by atoms with van der Waals surface area (Å²) in [6, 6.07) is 2.51. The lowest BCUT2D eigenvalue weighted by molar-refractivity contribution is -0.0726. The Labute approximate surface area is 104 Å². The van der Waals surface area contributed by atoms with Gasteiger partial charge in [0, 0.05) is 19.6 Å². The maximum Gasteiger partial charge on any atom is 0.122 e. The van der Waals surface area contributed by atoms with E-state index >= 15 is 0 Å². The van der Waals surface area contributed by atoms with Gasteiger partial charge < -0.3 is 10.1 Å². The van der Waals surface area contributed by atoms with Crippen molar-refractivity contribution < 1.29 is 4.74 Å². The Morgan fingerprint density at radius 3 is 2.35 bits per heavy atom. The molecule has 3 atom stereocenters. The molecule has 1 heterocycles. The van der Waals surface area contributed by atoms with Gasteiger partial charge in [0.15, 0.2) is 0 Å². The summed E-state index contributed by atoms with van der Waals surface area (Å²) in [6.45, 7) is 6.90. The highest BCUT2D eigenvalue weighted by atomic mass is 16.5. The van der Waals surface area contributed by atoms with E-state index in [1.54, 1.807) is 0 Å². The maximum atomic E-state index is 9.48. The van der Waals surface area contributed by atoms with Crippen LogP contribution in [0.5, 0.6) is 0 Å². The first kappa shape index (κ1) is 12.8. The Kier molecular flexibility index (Phi) is 3.72. The third-order valence-electron chi connectivity index (χ3n) is 3.89. The van der Waals surface area contributed by atoms with Crippen molar-refractivity contribution in [2.45, 2.75) is 44.4 Å². The van der Waals surface area contributed by atoms with Gasteiger partial charge in [0.1, 0.15) is 5.54 Å². The molecule has 17 heavy (non-hydrogen) atoms. The minimum Gasteiger partial charge on any atom is -0.373 e. The molecule has 0 bridgehead atoms. The van der Waals surface area contributed by atoms with Crippen molar-refractivity contribution in [3.8, 4) is 6.07 Å². The zero-order valence-electron chi connectivity index (χ0n) is 11.1. The molecule has 0 amide bonds. The van der Waals surface area contributed by atoms with Crippen molar-refractivity contribution in [2.24, 2.45) is 5.92 Å². The minimum absolute atomic E-state index is 0.270. The maximum absolute atomic E-state index is 9.48. The fraction of sp³-hybridized carbons (Fsp3) is 0.923. The predicted octanol–water partition coefficient (Wildman–Crippen LogP) is 0.987. The topological polar surface area (TPSA) is 48.3 Å². The molecule has 4 nitrogen and oxygen atoms in total. The standard InChI is InChI=1S/C13H23N3O/c1-10-6-16(7-11(2)17-10)9-13(8-14,15-3)12-4-5-12/h10-12,15H,4-7,9H2,1-3H3/t10-,11+,13?. The molecule has 1 aliphatic heterocycles. The Bertz CT molecular complexity index is 300. The first-order chi connectivity index (χ1) is 8.09. The van der Waals surface area contributed by atoms with Gasteiger partial charge in [-0.25, -0.2) is 0 Å². The second-order valence-corrected chi connectivity index (χ2v) is 5.56. The van der Waals surface area contributed by atoms with Crippen molar-refractivity contribution >= 4 is 0 Å². The molecule has 1 saturated heterocycles. The lowest BCUT2D eigenvalue weighted by atomic mass is 9.94. The van der Waals surface area contributed by atoms with E-state index in [0.717, 1.165) is 19.6 Å². The zero-order chi connectivity index (χ0) is 12.5. The Balaban J connectivity index is 2.00. The molecule has 2 aliphatic rings. The number of nitrogens with one attached hydrogen (secondary N) is 1. The summed E-state index contributed by atoms with van der Waals surface area (Å²) in [7, 11) is 1.91. The molecule has 0 aromatic heterocycles. The summed E-state index contributed by atoms with van der Waals surface area (Å²) < 4.78 is 5.73. The van der Waals surface area contributed by atoms with Crippen molar-refractivity contribution in [1.29, 1.82) is 5.26 Å². The zero-order valence-corrected chi connectivity index (χ0v) is 11.1. The molecule has 0 radical (unpaired) electrons. The molecule has 2 rings (SSSR count). The normalized spacial score (nSPS) is 34.0. The second kappa shape index (κ2) is 4.93. The number of likely N-dealkylation sites (N-methyl/N-ethyl adjacent to an activating group) is 1. The van der Waals surface area contributed by atoms with Gasteiger partial charge in [-0.05, 0) is 39.7 Å². The Morgan fingerprint density at radius 1 is 1.35 bits per heavy atom. The SMILES string of the molecule is CNC(C#N)(CN1C[C@@H](C)O[C@@H](C)C1)C1CC1. The van der Waals surface area contributed by atoms with Crippen LogP contribution in [0.4, 0.5) is 0 Å². The van der Waals surface area contributed by atoms with Gasteiger partial charge in [0.2, 0.25) is 0 Å². The quantitative estimate of drug-likeness (QED) is 0.792. The number of hydrogen-bond acceptors (Lipinski definition) is 4. The first-order valence-electron chi connectivity index (χ1n) is 6.57. The number of rotatable bonds is 4. The minimum atomic E-state index is -0.350. The molecular formula is C13H23N3O. The van der Waals surface area contributed by atoms with Gasteiger partial charge in [0.05, 0.1) is 18.3 Å². The summed E-state index contributed by atoms with van der Waals surface area (Å²) in [6.07, 6.45) is 2.91. The molecule has 0 spiro atoms. The van der Waals surface area contributed by atoms with E-state index in [-0.39, 0.29) is 17.7 Å². The smallest absolute Gasteiger partial charge is 0.122 e. The summed E-state index contributed by atoms with van der Waals surface area (Å²) >= 11 is 0. The third kappa shape index (κ3) is 2.79. The van der Waals surface area contributed by atoms with E-state index in [1.165, 1.54) is 12.8 Å². The molecule has 96 valence electrons. The lowest BCUT2D eigenvalue weighted by Gasteiger charge is -2.39. The molecule has 1 aliphatic carbocycles. The van der Waals surface area contributed by atoms with Crippen LogP contribution in [0.2, 0.25) is 0 Å². The highest BCUT2D eigenvalue weighted by molar-refractivity contribution is 5.16. The molecule has 0 aromatic rings. The molecule has 2 fully saturated rings. The van der Waals surface area contributed by atoms with Crippen LogP contribution in [-0.4, -0.2) is 49.3 Å². The van der Waals surface area contributed by atoms with E-state index < -0.39 is 0 Å². The highest BCUT2D eigenvalue weighted by Gasteiger charge is 2.46. The van der Waals surface area contributed by atoms with E-state index in [0.29, 0.717) is 5.92 Å². The van der Waals surface area contributed by atoms with Crippen LogP contribution in [0, 0.1) is 17.2 Å². The average Bonchev–Trinajstić information content (AvgIpc) is 3.09. The van der Waals surface area contributed by atoms with Crippen molar-refractivity contribution in [3.05, 3.63) is 0 Å². The third-order valence-corrected chi connectivity index (χ3v) is 3.89. The highest BCUT2D eigenvalue weighted by Crippen LogP contribution is 2.40. The lowest BCUT2D eigenvalue weighted by Crippen LogP contribution is -2.57. The molecular weight excluding hydrogens is 214 g/mol. The Hall–Kier alpha value is -0.630. The van der Waals surface area contributed by atoms with Crippen LogP contribution in [0.15, 0.2) is 0 Å². The molecule has 1 saturated carbocycles. The van der Waals surface area contributed by atoms with E-state index in [2.05, 4.69) is 30.1 Å². The number of nitrogens with zero attached hydrogens (tertiary/aromatic N) is 2. The van der Waals surface area contributed by atoms with E-state index in [9.17, 15) is 5.26 Å². The largest absolute Gasteiger partial charge is 0.373 e. The second-order valence-electron chi connectivity index (χ2n) is 5.56. The van der Waals surface area contributed by atoms with Gasteiger partial charge in [-0.15, -0.1) is 0 Å². The van der Waals surface area contributed by atoms with E-state index in [1.807, 2.05) is 7.05 Å². The van der Waals surface area contributed by atoms with Gasteiger partial charge in [-0.1, -0.05) is 0 Å². The van der Waals surface area contributed by atoms with Crippen molar-refractivity contribution in [1.82, 2.24) is 10.2 Å². The van der Waals surface area contributed by atoms with Crippen LogP contribution >= 0.6 is 0 Å². The van der Waals surface area contributed by atoms with Gasteiger partial charge >= 0.3 is 0 Å². The summed E-state index contributed by atoms with van der Waals surface area (Å²) in [5.41, 5.74) is -0.350. The number of hydrogen-bond donors (Lipinski definition) is 1. The van der Waals surface area contributed by atoms with E-state index in [4.69, 9.17) is 4.74 Å². The van der Waals surface area contributed by atoms with Crippen LogP contribution in [0.1, 0.15) is 26.7 Å². The fourth-order valence-corrected chi connectivity index (χ4v) is 2.94. The summed E-state index contributed by atoms with van der Waals surface area (Å²) in [5, 5.41) is 12.7. The molecule has 4 heteroatoms. The first-order valence-corrected chi connectivity index (χ1v) is 6.57. The Morgan fingerprint density at radius 2 is 1.94 bits per heavy atom. The predicted molar refractivity (Wildman–Crippen MR) is 66.6 cm³/mol. The summed E-state index contributed by atoms with van der Waals surface area (Å²) in [4.78, 5) is 2.37. The van der Waals surface area contributed by atoms with Gasteiger partial charge in [0.25, 0.3) is 0 Å². The van der Waals surface area contributed by atoms with Crippen LogP contribution in [0.25, 0.3) is 0 Å². The number of nitriles is 1. The summed E-state index contributed by atoms with van der Waals surface area (Å²) in [5.74, 6) is 0.533. The number of ether oxygens (including phenoxy) is 1. The molecule has 1 N–H and O–H groups in total. The van der Waals surface area contributed by atoms with Crippen LogP contribution < -0.4 is 5.32 Å². The monoisotopic (exact) mass is 237 g/mol. The molecule has 0 aromatic carbocycles. The van der Waals surface area contributed by atoms with Crippen LogP contribution in [0.3, 0.4) is 0 Å².